The fourth-order valence-corrected chi connectivity index (χ4v) is 3.57. The van der Waals surface area contributed by atoms with Crippen molar-refractivity contribution in [3.63, 3.8) is 0 Å². The molecule has 6 heteroatoms. The summed E-state index contributed by atoms with van der Waals surface area (Å²) in [5.74, 6) is 0.869. The molecule has 2 N–H and O–H groups in total. The number of aryl methyl sites for hydroxylation is 1. The highest BCUT2D eigenvalue weighted by molar-refractivity contribution is 14.0. The van der Waals surface area contributed by atoms with Crippen LogP contribution in [0.1, 0.15) is 23.1 Å². The van der Waals surface area contributed by atoms with Crippen molar-refractivity contribution >= 4 is 35.6 Å². The molecular weight excluding hydrogens is 473 g/mol. The van der Waals surface area contributed by atoms with Gasteiger partial charge in [0, 0.05) is 45.0 Å². The smallest absolute Gasteiger partial charge is 0.191 e. The Kier molecular flexibility index (Phi) is 9.23. The van der Waals surface area contributed by atoms with Crippen LogP contribution in [0, 0.1) is 6.92 Å². The van der Waals surface area contributed by atoms with Gasteiger partial charge in [0.15, 0.2) is 5.96 Å². The molecule has 0 aromatic heterocycles. The summed E-state index contributed by atoms with van der Waals surface area (Å²) in [4.78, 5) is 9.02. The van der Waals surface area contributed by atoms with Crippen molar-refractivity contribution in [3.05, 3.63) is 65.2 Å². The average Bonchev–Trinajstić information content (AvgIpc) is 3.15. The highest BCUT2D eigenvalue weighted by Gasteiger charge is 2.23. The van der Waals surface area contributed by atoms with Gasteiger partial charge in [-0.1, -0.05) is 42.0 Å². The quantitative estimate of drug-likeness (QED) is 0.356. The summed E-state index contributed by atoms with van der Waals surface area (Å²) >= 11 is 0. The van der Waals surface area contributed by atoms with Crippen molar-refractivity contribution in [2.75, 3.05) is 39.1 Å². The number of anilines is 1. The van der Waals surface area contributed by atoms with Crippen LogP contribution in [0.4, 0.5) is 5.69 Å². The molecule has 158 valence electrons. The highest BCUT2D eigenvalue weighted by atomic mass is 127. The SMILES string of the molecule is CN=C(NCc1ccc(CN(C)C)cc1)NC1CCN(c2ccc(C)cc2)C1.I. The first kappa shape index (κ1) is 23.5. The first-order chi connectivity index (χ1) is 13.5. The molecule has 1 atom stereocenters. The van der Waals surface area contributed by atoms with Gasteiger partial charge >= 0.3 is 0 Å². The van der Waals surface area contributed by atoms with Gasteiger partial charge in [0.25, 0.3) is 0 Å². The average molecular weight is 507 g/mol. The third-order valence-corrected chi connectivity index (χ3v) is 5.13. The van der Waals surface area contributed by atoms with E-state index in [1.165, 1.54) is 22.4 Å². The van der Waals surface area contributed by atoms with Gasteiger partial charge in [-0.2, -0.15) is 0 Å². The Morgan fingerprint density at radius 2 is 1.72 bits per heavy atom. The van der Waals surface area contributed by atoms with Crippen LogP contribution in [0.2, 0.25) is 0 Å². The minimum Gasteiger partial charge on any atom is -0.369 e. The maximum absolute atomic E-state index is 4.40. The summed E-state index contributed by atoms with van der Waals surface area (Å²) in [6.45, 7) is 5.95. The zero-order valence-electron chi connectivity index (χ0n) is 18.0. The first-order valence-electron chi connectivity index (χ1n) is 10.0. The Morgan fingerprint density at radius 3 is 2.34 bits per heavy atom. The zero-order chi connectivity index (χ0) is 19.9. The van der Waals surface area contributed by atoms with E-state index in [0.29, 0.717) is 6.04 Å². The predicted octanol–water partition coefficient (Wildman–Crippen LogP) is 3.62. The highest BCUT2D eigenvalue weighted by Crippen LogP contribution is 2.20. The van der Waals surface area contributed by atoms with E-state index in [-0.39, 0.29) is 24.0 Å². The topological polar surface area (TPSA) is 42.9 Å². The monoisotopic (exact) mass is 507 g/mol. The van der Waals surface area contributed by atoms with Gasteiger partial charge in [-0.15, -0.1) is 24.0 Å². The molecule has 2 aromatic rings. The minimum absolute atomic E-state index is 0. The van der Waals surface area contributed by atoms with Gasteiger partial charge in [0.05, 0.1) is 0 Å². The van der Waals surface area contributed by atoms with E-state index in [1.54, 1.807) is 0 Å². The van der Waals surface area contributed by atoms with Gasteiger partial charge in [-0.3, -0.25) is 4.99 Å². The molecule has 1 aliphatic heterocycles. The van der Waals surface area contributed by atoms with E-state index in [1.807, 2.05) is 7.05 Å². The second kappa shape index (κ2) is 11.4. The lowest BCUT2D eigenvalue weighted by Crippen LogP contribution is -2.44. The lowest BCUT2D eigenvalue weighted by molar-refractivity contribution is 0.402. The van der Waals surface area contributed by atoms with Crippen LogP contribution in [-0.2, 0) is 13.1 Å². The molecule has 3 rings (SSSR count). The minimum atomic E-state index is 0. The normalized spacial score (nSPS) is 16.7. The number of aliphatic imine (C=N–C) groups is 1. The molecule has 1 saturated heterocycles. The molecule has 1 fully saturated rings. The van der Waals surface area contributed by atoms with E-state index >= 15 is 0 Å². The van der Waals surface area contributed by atoms with Crippen molar-refractivity contribution < 1.29 is 0 Å². The zero-order valence-corrected chi connectivity index (χ0v) is 20.3. The molecule has 1 aliphatic rings. The summed E-state index contributed by atoms with van der Waals surface area (Å²) in [6.07, 6.45) is 1.12. The number of hydrogen-bond donors (Lipinski definition) is 2. The van der Waals surface area contributed by atoms with Crippen molar-refractivity contribution in [1.82, 2.24) is 15.5 Å². The third-order valence-electron chi connectivity index (χ3n) is 5.13. The molecule has 5 nitrogen and oxygen atoms in total. The predicted molar refractivity (Wildman–Crippen MR) is 134 cm³/mol. The third kappa shape index (κ3) is 7.19. The van der Waals surface area contributed by atoms with Crippen molar-refractivity contribution in [2.45, 2.75) is 32.5 Å². The van der Waals surface area contributed by atoms with E-state index in [0.717, 1.165) is 38.6 Å². The van der Waals surface area contributed by atoms with Gasteiger partial charge < -0.3 is 20.4 Å². The van der Waals surface area contributed by atoms with Crippen LogP contribution in [0.5, 0.6) is 0 Å². The Bertz CT molecular complexity index is 771. The van der Waals surface area contributed by atoms with Crippen LogP contribution in [0.25, 0.3) is 0 Å². The van der Waals surface area contributed by atoms with Crippen LogP contribution in [0.15, 0.2) is 53.5 Å². The molecule has 0 bridgehead atoms. The lowest BCUT2D eigenvalue weighted by atomic mass is 10.1. The maximum Gasteiger partial charge on any atom is 0.191 e. The molecule has 2 aromatic carbocycles. The molecule has 0 radical (unpaired) electrons. The molecule has 0 spiro atoms. The number of hydrogen-bond acceptors (Lipinski definition) is 3. The Balaban J connectivity index is 0.00000300. The van der Waals surface area contributed by atoms with E-state index in [2.05, 4.69) is 95.0 Å². The summed E-state index contributed by atoms with van der Waals surface area (Å²) in [5.41, 5.74) is 5.20. The standard InChI is InChI=1S/C23H33N5.HI/c1-18-5-11-22(12-6-18)28-14-13-21(17-28)26-23(24-2)25-15-19-7-9-20(10-8-19)16-27(3)4;/h5-12,21H,13-17H2,1-4H3,(H2,24,25,26);1H. The molecule has 0 amide bonds. The van der Waals surface area contributed by atoms with Crippen molar-refractivity contribution in [3.8, 4) is 0 Å². The van der Waals surface area contributed by atoms with E-state index in [4.69, 9.17) is 0 Å². The van der Waals surface area contributed by atoms with E-state index in [9.17, 15) is 0 Å². The number of nitrogens with zero attached hydrogens (tertiary/aromatic N) is 3. The summed E-state index contributed by atoms with van der Waals surface area (Å²) in [5, 5.41) is 7.02. The number of guanidine groups is 1. The largest absolute Gasteiger partial charge is 0.369 e. The fourth-order valence-electron chi connectivity index (χ4n) is 3.57. The van der Waals surface area contributed by atoms with Crippen LogP contribution in [-0.4, -0.2) is 51.1 Å². The number of halogens is 1. The molecule has 1 unspecified atom stereocenters. The lowest BCUT2D eigenvalue weighted by Gasteiger charge is -2.20. The number of benzene rings is 2. The first-order valence-corrected chi connectivity index (χ1v) is 10.0. The molecule has 29 heavy (non-hydrogen) atoms. The Morgan fingerprint density at radius 1 is 1.07 bits per heavy atom. The molecule has 1 heterocycles. The summed E-state index contributed by atoms with van der Waals surface area (Å²) < 4.78 is 0. The van der Waals surface area contributed by atoms with Crippen LogP contribution < -0.4 is 15.5 Å². The summed E-state index contributed by atoms with van der Waals surface area (Å²) in [6, 6.07) is 18.0. The number of rotatable bonds is 6. The molecule has 0 saturated carbocycles. The van der Waals surface area contributed by atoms with Gasteiger partial charge in [0.2, 0.25) is 0 Å². The van der Waals surface area contributed by atoms with Gasteiger partial charge in [-0.25, -0.2) is 0 Å². The Labute approximate surface area is 192 Å². The van der Waals surface area contributed by atoms with Crippen molar-refractivity contribution in [1.29, 1.82) is 0 Å². The van der Waals surface area contributed by atoms with Crippen LogP contribution >= 0.6 is 24.0 Å². The van der Waals surface area contributed by atoms with Gasteiger partial charge in [-0.05, 0) is 50.7 Å². The maximum atomic E-state index is 4.40. The molecule has 0 aliphatic carbocycles. The fraction of sp³-hybridized carbons (Fsp3) is 0.435. The van der Waals surface area contributed by atoms with Crippen molar-refractivity contribution in [2.24, 2.45) is 4.99 Å². The second-order valence-corrected chi connectivity index (χ2v) is 7.89. The Hall–Kier alpha value is -1.80. The van der Waals surface area contributed by atoms with Gasteiger partial charge in [0.1, 0.15) is 0 Å². The summed E-state index contributed by atoms with van der Waals surface area (Å²) in [7, 11) is 6.02. The second-order valence-electron chi connectivity index (χ2n) is 7.89. The number of nitrogens with one attached hydrogen (secondary N) is 2. The van der Waals surface area contributed by atoms with E-state index < -0.39 is 0 Å². The molecular formula is C23H34IN5. The van der Waals surface area contributed by atoms with Crippen LogP contribution in [0.3, 0.4) is 0 Å².